The Balaban J connectivity index is 4.00. The molecule has 11 heavy (non-hydrogen) atoms. The number of carbonyl (C=O) groups excluding carboxylic acids is 1. The Morgan fingerprint density at radius 2 is 2.27 bits per heavy atom. The van der Waals surface area contributed by atoms with Gasteiger partial charge in [0.15, 0.2) is 0 Å². The third-order valence-electron chi connectivity index (χ3n) is 1.01. The summed E-state index contributed by atoms with van der Waals surface area (Å²) in [4.78, 5) is 14.8. The summed E-state index contributed by atoms with van der Waals surface area (Å²) in [7, 11) is 1.69. The fraction of sp³-hybridized carbons (Fsp3) is 0.375. The molecule has 0 heterocycles. The fourth-order valence-electron chi connectivity index (χ4n) is 0.613. The van der Waals surface area contributed by atoms with Gasteiger partial charge in [-0.2, -0.15) is 0 Å². The Kier molecular flexibility index (Phi) is 4.64. The molecule has 0 aliphatic rings. The number of likely N-dealkylation sites (N-methyl/N-ethyl adjacent to an activating group) is 1. The minimum atomic E-state index is -0.204. The molecule has 0 aromatic heterocycles. The second-order valence-corrected chi connectivity index (χ2v) is 2.73. The molecule has 0 atom stereocenters. The van der Waals surface area contributed by atoms with Crippen molar-refractivity contribution in [2.24, 2.45) is 0 Å². The molecule has 0 aliphatic carbocycles. The first-order valence-corrected chi connectivity index (χ1v) is 3.88. The number of hydrogen-bond donors (Lipinski definition) is 0. The Morgan fingerprint density at radius 3 is 2.64 bits per heavy atom. The molecule has 0 N–H and O–H groups in total. The van der Waals surface area contributed by atoms with E-state index in [2.05, 4.69) is 33.3 Å². The quantitative estimate of drug-likeness (QED) is 0.504. The highest BCUT2D eigenvalue weighted by Crippen LogP contribution is 1.92. The van der Waals surface area contributed by atoms with Crippen LogP contribution in [0.15, 0.2) is 12.2 Å². The number of amides is 1. The highest BCUT2D eigenvalue weighted by atomic mass is 79.9. The van der Waals surface area contributed by atoms with Gasteiger partial charge in [0.1, 0.15) is 0 Å². The Labute approximate surface area is 75.4 Å². The first kappa shape index (κ1) is 10.2. The monoisotopic (exact) mass is 215 g/mol. The van der Waals surface area contributed by atoms with Crippen molar-refractivity contribution in [1.29, 1.82) is 0 Å². The van der Waals surface area contributed by atoms with E-state index in [0.29, 0.717) is 6.54 Å². The smallest absolute Gasteiger partial charge is 0.299 e. The molecule has 0 spiro atoms. The van der Waals surface area contributed by atoms with E-state index in [-0.39, 0.29) is 5.91 Å². The normalized spacial score (nSPS) is 7.91. The predicted octanol–water partition coefficient (Wildman–Crippen LogP) is 1.38. The minimum Gasteiger partial charge on any atom is -0.331 e. The summed E-state index contributed by atoms with van der Waals surface area (Å²) in [6, 6.07) is 0. The number of carbonyl (C=O) groups is 1. The van der Waals surface area contributed by atoms with Crippen LogP contribution in [-0.2, 0) is 4.79 Å². The second kappa shape index (κ2) is 4.97. The molecule has 1 amide bonds. The van der Waals surface area contributed by atoms with Crippen LogP contribution in [0.5, 0.6) is 0 Å². The van der Waals surface area contributed by atoms with E-state index in [4.69, 9.17) is 0 Å². The average Bonchev–Trinajstić information content (AvgIpc) is 1.86. The topological polar surface area (TPSA) is 20.3 Å². The second-order valence-electron chi connectivity index (χ2n) is 2.34. The van der Waals surface area contributed by atoms with E-state index >= 15 is 0 Å². The van der Waals surface area contributed by atoms with Crippen molar-refractivity contribution < 1.29 is 4.79 Å². The number of hydrogen-bond acceptors (Lipinski definition) is 1. The summed E-state index contributed by atoms with van der Waals surface area (Å²) in [5, 5.41) is 0. The van der Waals surface area contributed by atoms with E-state index in [1.165, 1.54) is 4.90 Å². The third-order valence-corrected chi connectivity index (χ3v) is 1.21. The average molecular weight is 216 g/mol. The molecule has 0 aromatic rings. The van der Waals surface area contributed by atoms with Crippen LogP contribution in [0.1, 0.15) is 6.92 Å². The summed E-state index contributed by atoms with van der Waals surface area (Å²) in [5.74, 6) is 2.16. The highest BCUT2D eigenvalue weighted by Gasteiger charge is 2.03. The van der Waals surface area contributed by atoms with Gasteiger partial charge < -0.3 is 4.90 Å². The van der Waals surface area contributed by atoms with Crippen LogP contribution in [0.4, 0.5) is 0 Å². The van der Waals surface area contributed by atoms with Crippen LogP contribution in [0.3, 0.4) is 0 Å². The standard InChI is InChI=1S/C8H10BrNO/c1-7(2)6-10(3)8(11)4-5-9/h1,6H2,2-3H3. The van der Waals surface area contributed by atoms with Crippen LogP contribution < -0.4 is 0 Å². The summed E-state index contributed by atoms with van der Waals surface area (Å²) < 4.78 is 0. The Bertz CT molecular complexity index is 224. The lowest BCUT2D eigenvalue weighted by Gasteiger charge is -2.12. The molecule has 0 aromatic carbocycles. The molecule has 0 bridgehead atoms. The van der Waals surface area contributed by atoms with E-state index in [9.17, 15) is 4.79 Å². The largest absolute Gasteiger partial charge is 0.331 e. The maximum Gasteiger partial charge on any atom is 0.299 e. The van der Waals surface area contributed by atoms with Gasteiger partial charge in [-0.25, -0.2) is 0 Å². The summed E-state index contributed by atoms with van der Waals surface area (Å²) >= 11 is 2.85. The Morgan fingerprint density at radius 1 is 1.73 bits per heavy atom. The van der Waals surface area contributed by atoms with Crippen molar-refractivity contribution in [2.45, 2.75) is 6.92 Å². The van der Waals surface area contributed by atoms with Gasteiger partial charge in [0.2, 0.25) is 0 Å². The van der Waals surface area contributed by atoms with Crippen molar-refractivity contribution in [1.82, 2.24) is 4.90 Å². The maximum atomic E-state index is 11.0. The van der Waals surface area contributed by atoms with Crippen molar-refractivity contribution in [2.75, 3.05) is 13.6 Å². The van der Waals surface area contributed by atoms with E-state index in [1.54, 1.807) is 7.05 Å². The summed E-state index contributed by atoms with van der Waals surface area (Å²) in [6.45, 7) is 6.11. The highest BCUT2D eigenvalue weighted by molar-refractivity contribution is 9.12. The third kappa shape index (κ3) is 4.63. The first-order chi connectivity index (χ1) is 5.07. The molecular formula is C8H10BrNO. The minimum absolute atomic E-state index is 0.204. The number of halogens is 1. The van der Waals surface area contributed by atoms with Crippen LogP contribution >= 0.6 is 15.9 Å². The first-order valence-electron chi connectivity index (χ1n) is 3.09. The van der Waals surface area contributed by atoms with E-state index in [0.717, 1.165) is 5.57 Å². The number of rotatable bonds is 2. The van der Waals surface area contributed by atoms with Crippen molar-refractivity contribution in [3.63, 3.8) is 0 Å². The molecule has 0 saturated carbocycles. The van der Waals surface area contributed by atoms with Crippen LogP contribution in [0, 0.1) is 10.8 Å². The lowest BCUT2D eigenvalue weighted by molar-refractivity contribution is -0.123. The molecule has 0 rings (SSSR count). The molecule has 60 valence electrons. The van der Waals surface area contributed by atoms with Gasteiger partial charge >= 0.3 is 0 Å². The maximum absolute atomic E-state index is 11.0. The molecule has 2 nitrogen and oxygen atoms in total. The lowest BCUT2D eigenvalue weighted by atomic mass is 10.3. The van der Waals surface area contributed by atoms with Gasteiger partial charge in [-0.3, -0.25) is 4.79 Å². The van der Waals surface area contributed by atoms with Gasteiger partial charge in [0.05, 0.1) is 0 Å². The van der Waals surface area contributed by atoms with Gasteiger partial charge in [-0.15, -0.1) is 0 Å². The molecule has 0 aliphatic heterocycles. The van der Waals surface area contributed by atoms with Crippen LogP contribution in [0.2, 0.25) is 0 Å². The predicted molar refractivity (Wildman–Crippen MR) is 49.2 cm³/mol. The van der Waals surface area contributed by atoms with Crippen molar-refractivity contribution >= 4 is 21.8 Å². The Hall–Kier alpha value is -0.750. The molecule has 0 saturated heterocycles. The lowest BCUT2D eigenvalue weighted by Crippen LogP contribution is -2.26. The summed E-state index contributed by atoms with van der Waals surface area (Å²) in [5.41, 5.74) is 0.942. The van der Waals surface area contributed by atoms with Gasteiger partial charge in [0, 0.05) is 35.4 Å². The van der Waals surface area contributed by atoms with Gasteiger partial charge in [0.25, 0.3) is 5.91 Å². The van der Waals surface area contributed by atoms with Crippen LogP contribution in [0.25, 0.3) is 0 Å². The zero-order chi connectivity index (χ0) is 8.85. The molecule has 0 radical (unpaired) electrons. The molecule has 0 unspecified atom stereocenters. The number of nitrogens with zero attached hydrogens (tertiary/aromatic N) is 1. The SMILES string of the molecule is C=C(C)CN(C)C(=O)C#CBr. The summed E-state index contributed by atoms with van der Waals surface area (Å²) in [6.07, 6.45) is 0. The van der Waals surface area contributed by atoms with Gasteiger partial charge in [-0.1, -0.05) is 12.2 Å². The zero-order valence-corrected chi connectivity index (χ0v) is 8.23. The van der Waals surface area contributed by atoms with E-state index in [1.807, 2.05) is 6.92 Å². The van der Waals surface area contributed by atoms with Gasteiger partial charge in [-0.05, 0) is 11.8 Å². The molecule has 3 heteroatoms. The van der Waals surface area contributed by atoms with Crippen molar-refractivity contribution in [3.8, 4) is 10.8 Å². The fourth-order valence-corrected chi connectivity index (χ4v) is 0.782. The van der Waals surface area contributed by atoms with Crippen LogP contribution in [-0.4, -0.2) is 24.4 Å². The molecule has 0 fully saturated rings. The molecular weight excluding hydrogens is 206 g/mol. The van der Waals surface area contributed by atoms with E-state index < -0.39 is 0 Å². The van der Waals surface area contributed by atoms with Crippen molar-refractivity contribution in [3.05, 3.63) is 12.2 Å². The zero-order valence-electron chi connectivity index (χ0n) is 6.65.